The van der Waals surface area contributed by atoms with Gasteiger partial charge in [-0.25, -0.2) is 4.98 Å². The van der Waals surface area contributed by atoms with Crippen LogP contribution >= 0.6 is 34.5 Å². The van der Waals surface area contributed by atoms with Gasteiger partial charge in [0.05, 0.1) is 30.6 Å². The number of nitrogens with one attached hydrogen (secondary N) is 1. The fourth-order valence-corrected chi connectivity index (χ4v) is 3.41. The minimum Gasteiger partial charge on any atom is -0.497 e. The summed E-state index contributed by atoms with van der Waals surface area (Å²) in [5.74, 6) is 1.44. The molecule has 7 heteroatoms. The first-order chi connectivity index (χ1) is 11.6. The SMILES string of the molecule is COc1ccc(OC)c(Nc2nc(-c3ccc(Cl)cc3Cl)cs2)c1. The Morgan fingerprint density at radius 3 is 2.58 bits per heavy atom. The van der Waals surface area contributed by atoms with Gasteiger partial charge in [-0.15, -0.1) is 11.3 Å². The van der Waals surface area contributed by atoms with E-state index < -0.39 is 0 Å². The van der Waals surface area contributed by atoms with Crippen LogP contribution in [0.25, 0.3) is 11.3 Å². The molecule has 0 aliphatic rings. The largest absolute Gasteiger partial charge is 0.497 e. The Bertz CT molecular complexity index is 868. The van der Waals surface area contributed by atoms with Gasteiger partial charge in [0.1, 0.15) is 11.5 Å². The van der Waals surface area contributed by atoms with Crippen molar-refractivity contribution in [2.45, 2.75) is 0 Å². The van der Waals surface area contributed by atoms with Gasteiger partial charge in [-0.3, -0.25) is 0 Å². The molecule has 0 radical (unpaired) electrons. The summed E-state index contributed by atoms with van der Waals surface area (Å²) >= 11 is 13.7. The third-order valence-electron chi connectivity index (χ3n) is 3.36. The number of hydrogen-bond acceptors (Lipinski definition) is 5. The van der Waals surface area contributed by atoms with Crippen LogP contribution < -0.4 is 14.8 Å². The van der Waals surface area contributed by atoms with E-state index in [1.54, 1.807) is 26.4 Å². The Hall–Kier alpha value is -1.95. The van der Waals surface area contributed by atoms with E-state index >= 15 is 0 Å². The van der Waals surface area contributed by atoms with Crippen LogP contribution in [-0.4, -0.2) is 19.2 Å². The standard InChI is InChI=1S/C17H14Cl2N2O2S/c1-22-11-4-6-16(23-2)14(8-11)20-17-21-15(9-24-17)12-5-3-10(18)7-13(12)19/h3-9H,1-2H3,(H,20,21). The number of anilines is 2. The Morgan fingerprint density at radius 1 is 1.04 bits per heavy atom. The van der Waals surface area contributed by atoms with Gasteiger partial charge in [-0.2, -0.15) is 0 Å². The van der Waals surface area contributed by atoms with Crippen LogP contribution in [0.3, 0.4) is 0 Å². The summed E-state index contributed by atoms with van der Waals surface area (Å²) in [7, 11) is 3.24. The third-order valence-corrected chi connectivity index (χ3v) is 4.67. The van der Waals surface area contributed by atoms with Crippen LogP contribution in [0.5, 0.6) is 11.5 Å². The zero-order valence-electron chi connectivity index (χ0n) is 13.0. The number of nitrogens with zero attached hydrogens (tertiary/aromatic N) is 1. The van der Waals surface area contributed by atoms with E-state index in [1.165, 1.54) is 11.3 Å². The van der Waals surface area contributed by atoms with Gasteiger partial charge in [0.2, 0.25) is 0 Å². The zero-order valence-corrected chi connectivity index (χ0v) is 15.3. The predicted octanol–water partition coefficient (Wildman–Crippen LogP) is 5.88. The first kappa shape index (κ1) is 16.9. The highest BCUT2D eigenvalue weighted by Gasteiger charge is 2.11. The highest BCUT2D eigenvalue weighted by molar-refractivity contribution is 7.14. The van der Waals surface area contributed by atoms with E-state index in [9.17, 15) is 0 Å². The smallest absolute Gasteiger partial charge is 0.187 e. The first-order valence-corrected chi connectivity index (χ1v) is 8.64. The number of hydrogen-bond donors (Lipinski definition) is 1. The van der Waals surface area contributed by atoms with Gasteiger partial charge in [0.15, 0.2) is 5.13 Å². The molecule has 0 atom stereocenters. The minimum atomic E-state index is 0.568. The van der Waals surface area contributed by atoms with Crippen molar-refractivity contribution < 1.29 is 9.47 Å². The molecule has 0 aliphatic heterocycles. The normalized spacial score (nSPS) is 10.5. The maximum absolute atomic E-state index is 6.24. The van der Waals surface area contributed by atoms with Gasteiger partial charge >= 0.3 is 0 Å². The molecule has 3 aromatic rings. The molecule has 0 fully saturated rings. The lowest BCUT2D eigenvalue weighted by Crippen LogP contribution is -1.95. The van der Waals surface area contributed by atoms with E-state index in [-0.39, 0.29) is 0 Å². The maximum Gasteiger partial charge on any atom is 0.187 e. The summed E-state index contributed by atoms with van der Waals surface area (Å²) in [5.41, 5.74) is 2.40. The van der Waals surface area contributed by atoms with Crippen molar-refractivity contribution in [1.29, 1.82) is 0 Å². The lowest BCUT2D eigenvalue weighted by atomic mass is 10.2. The molecule has 1 heterocycles. The summed E-state index contributed by atoms with van der Waals surface area (Å²) in [5, 5.41) is 7.08. The minimum absolute atomic E-state index is 0.568. The molecule has 0 spiro atoms. The highest BCUT2D eigenvalue weighted by Crippen LogP contribution is 2.36. The molecule has 124 valence electrons. The van der Waals surface area contributed by atoms with E-state index in [0.29, 0.717) is 15.8 Å². The molecule has 0 saturated heterocycles. The van der Waals surface area contributed by atoms with E-state index in [2.05, 4.69) is 10.3 Å². The van der Waals surface area contributed by atoms with Crippen LogP contribution in [0.4, 0.5) is 10.8 Å². The summed E-state index contributed by atoms with van der Waals surface area (Å²) in [6.45, 7) is 0. The van der Waals surface area contributed by atoms with Crippen molar-refractivity contribution in [3.63, 3.8) is 0 Å². The monoisotopic (exact) mass is 380 g/mol. The fourth-order valence-electron chi connectivity index (χ4n) is 2.18. The number of aromatic nitrogens is 1. The molecule has 1 N–H and O–H groups in total. The van der Waals surface area contributed by atoms with Crippen molar-refractivity contribution in [2.75, 3.05) is 19.5 Å². The van der Waals surface area contributed by atoms with Crippen molar-refractivity contribution >= 4 is 45.4 Å². The Labute approximate surface area is 154 Å². The zero-order chi connectivity index (χ0) is 17.1. The second kappa shape index (κ2) is 7.30. The van der Waals surface area contributed by atoms with Gasteiger partial charge in [0.25, 0.3) is 0 Å². The van der Waals surface area contributed by atoms with Gasteiger partial charge < -0.3 is 14.8 Å². The van der Waals surface area contributed by atoms with E-state index in [1.807, 2.05) is 29.6 Å². The summed E-state index contributed by atoms with van der Waals surface area (Å²) in [6, 6.07) is 10.9. The number of halogens is 2. The van der Waals surface area contributed by atoms with Gasteiger partial charge in [-0.05, 0) is 30.3 Å². The fraction of sp³-hybridized carbons (Fsp3) is 0.118. The predicted molar refractivity (Wildman–Crippen MR) is 100 cm³/mol. The second-order valence-corrected chi connectivity index (χ2v) is 6.56. The summed E-state index contributed by atoms with van der Waals surface area (Å²) in [6.07, 6.45) is 0. The number of ether oxygens (including phenoxy) is 2. The molecule has 0 saturated carbocycles. The first-order valence-electron chi connectivity index (χ1n) is 7.00. The Kier molecular flexibility index (Phi) is 5.14. The summed E-state index contributed by atoms with van der Waals surface area (Å²) < 4.78 is 10.6. The maximum atomic E-state index is 6.24. The molecule has 0 amide bonds. The van der Waals surface area contributed by atoms with Crippen molar-refractivity contribution in [3.05, 3.63) is 51.8 Å². The molecule has 4 nitrogen and oxygen atoms in total. The molecule has 3 rings (SSSR count). The highest BCUT2D eigenvalue weighted by atomic mass is 35.5. The van der Waals surface area contributed by atoms with Crippen LogP contribution in [0, 0.1) is 0 Å². The topological polar surface area (TPSA) is 43.4 Å². The average Bonchev–Trinajstić information content (AvgIpc) is 3.03. The number of methoxy groups -OCH3 is 2. The lowest BCUT2D eigenvalue weighted by molar-refractivity contribution is 0.405. The average molecular weight is 381 g/mol. The van der Waals surface area contributed by atoms with Crippen molar-refractivity contribution in [2.24, 2.45) is 0 Å². The molecule has 2 aromatic carbocycles. The number of thiazole rings is 1. The molecular weight excluding hydrogens is 367 g/mol. The van der Waals surface area contributed by atoms with Gasteiger partial charge in [-0.1, -0.05) is 23.2 Å². The summed E-state index contributed by atoms with van der Waals surface area (Å²) in [4.78, 5) is 4.58. The van der Waals surface area contributed by atoms with Crippen molar-refractivity contribution in [3.8, 4) is 22.8 Å². The molecule has 0 bridgehead atoms. The quantitative estimate of drug-likeness (QED) is 0.600. The molecule has 1 aromatic heterocycles. The number of benzene rings is 2. The van der Waals surface area contributed by atoms with E-state index in [4.69, 9.17) is 32.7 Å². The van der Waals surface area contributed by atoms with E-state index in [0.717, 1.165) is 27.8 Å². The molecule has 0 unspecified atom stereocenters. The lowest BCUT2D eigenvalue weighted by Gasteiger charge is -2.10. The molecule has 24 heavy (non-hydrogen) atoms. The Balaban J connectivity index is 1.89. The van der Waals surface area contributed by atoms with Crippen LogP contribution in [0.15, 0.2) is 41.8 Å². The number of rotatable bonds is 5. The molecule has 0 aliphatic carbocycles. The molecular formula is C17H14Cl2N2O2S. The van der Waals surface area contributed by atoms with Gasteiger partial charge in [0, 0.05) is 22.0 Å². The second-order valence-electron chi connectivity index (χ2n) is 4.85. The van der Waals surface area contributed by atoms with Crippen LogP contribution in [-0.2, 0) is 0 Å². The van der Waals surface area contributed by atoms with Crippen LogP contribution in [0.2, 0.25) is 10.0 Å². The third kappa shape index (κ3) is 3.59. The van der Waals surface area contributed by atoms with Crippen molar-refractivity contribution in [1.82, 2.24) is 4.98 Å². The Morgan fingerprint density at radius 2 is 1.88 bits per heavy atom. The van der Waals surface area contributed by atoms with Crippen LogP contribution in [0.1, 0.15) is 0 Å².